The average Bonchev–Trinajstić information content (AvgIpc) is 2.38. The highest BCUT2D eigenvalue weighted by atomic mass is 16.2. The standard InChI is InChI=1S/C19H40N2O/c1-6-7-11-21(12-8-9-14-22)13-10-17-15-18(2,3)20-19(4,5)16-17/h17,20,22H,6-16H2,1-5H3. The topological polar surface area (TPSA) is 35.5 Å². The van der Waals surface area contributed by atoms with Gasteiger partial charge in [0.2, 0.25) is 0 Å². The Balaban J connectivity index is 2.44. The van der Waals surface area contributed by atoms with Crippen molar-refractivity contribution in [2.45, 2.75) is 90.6 Å². The number of aliphatic hydroxyl groups excluding tert-OH is 1. The summed E-state index contributed by atoms with van der Waals surface area (Å²) in [7, 11) is 0. The summed E-state index contributed by atoms with van der Waals surface area (Å²) in [5.41, 5.74) is 0.523. The molecule has 0 saturated carbocycles. The molecule has 0 aromatic carbocycles. The molecule has 0 aliphatic carbocycles. The van der Waals surface area contributed by atoms with Crippen LogP contribution in [0.1, 0.15) is 79.6 Å². The molecule has 1 saturated heterocycles. The van der Waals surface area contributed by atoms with Crippen LogP contribution in [0.25, 0.3) is 0 Å². The largest absolute Gasteiger partial charge is 0.396 e. The molecule has 0 unspecified atom stereocenters. The minimum absolute atomic E-state index is 0.261. The number of hydrogen-bond donors (Lipinski definition) is 2. The Hall–Kier alpha value is -0.120. The van der Waals surface area contributed by atoms with Gasteiger partial charge in [-0.05, 0) is 91.8 Å². The van der Waals surface area contributed by atoms with E-state index in [4.69, 9.17) is 5.11 Å². The molecular formula is C19H40N2O. The highest BCUT2D eigenvalue weighted by Gasteiger charge is 2.37. The van der Waals surface area contributed by atoms with Gasteiger partial charge in [-0.15, -0.1) is 0 Å². The molecule has 0 aromatic heterocycles. The van der Waals surface area contributed by atoms with Crippen LogP contribution in [0.5, 0.6) is 0 Å². The van der Waals surface area contributed by atoms with E-state index in [1.54, 1.807) is 0 Å². The van der Waals surface area contributed by atoms with Crippen molar-refractivity contribution in [3.63, 3.8) is 0 Å². The van der Waals surface area contributed by atoms with E-state index < -0.39 is 0 Å². The summed E-state index contributed by atoms with van der Waals surface area (Å²) < 4.78 is 0. The molecule has 0 radical (unpaired) electrons. The third kappa shape index (κ3) is 7.94. The molecule has 0 spiro atoms. The molecule has 3 heteroatoms. The van der Waals surface area contributed by atoms with E-state index in [1.165, 1.54) is 45.2 Å². The lowest BCUT2D eigenvalue weighted by molar-refractivity contribution is 0.112. The van der Waals surface area contributed by atoms with Gasteiger partial charge in [-0.1, -0.05) is 13.3 Å². The Morgan fingerprint density at radius 1 is 0.955 bits per heavy atom. The van der Waals surface area contributed by atoms with Crippen LogP contribution in [0.15, 0.2) is 0 Å². The van der Waals surface area contributed by atoms with Crippen LogP contribution >= 0.6 is 0 Å². The third-order valence-corrected chi connectivity index (χ3v) is 4.84. The highest BCUT2D eigenvalue weighted by Crippen LogP contribution is 2.34. The number of aliphatic hydroxyl groups is 1. The molecule has 0 atom stereocenters. The molecule has 0 aromatic rings. The van der Waals surface area contributed by atoms with Crippen molar-refractivity contribution in [2.75, 3.05) is 26.2 Å². The second-order valence-corrected chi connectivity index (χ2v) is 8.58. The van der Waals surface area contributed by atoms with E-state index in [2.05, 4.69) is 44.8 Å². The zero-order valence-electron chi connectivity index (χ0n) is 15.7. The lowest BCUT2D eigenvalue weighted by Gasteiger charge is -2.47. The van der Waals surface area contributed by atoms with E-state index in [0.717, 1.165) is 25.3 Å². The van der Waals surface area contributed by atoms with Crippen molar-refractivity contribution in [3.05, 3.63) is 0 Å². The maximum Gasteiger partial charge on any atom is 0.0431 e. The lowest BCUT2D eigenvalue weighted by Crippen LogP contribution is -2.58. The number of nitrogens with one attached hydrogen (secondary N) is 1. The normalized spacial score (nSPS) is 21.4. The molecule has 0 bridgehead atoms. The van der Waals surface area contributed by atoms with Gasteiger partial charge >= 0.3 is 0 Å². The Bertz CT molecular complexity index is 286. The highest BCUT2D eigenvalue weighted by molar-refractivity contribution is 4.96. The first-order valence-corrected chi connectivity index (χ1v) is 9.40. The lowest BCUT2D eigenvalue weighted by atomic mass is 9.74. The van der Waals surface area contributed by atoms with E-state index in [1.807, 2.05) is 0 Å². The Labute approximate surface area is 138 Å². The second-order valence-electron chi connectivity index (χ2n) is 8.58. The van der Waals surface area contributed by atoms with Crippen LogP contribution in [0.2, 0.25) is 0 Å². The van der Waals surface area contributed by atoms with Gasteiger partial charge < -0.3 is 15.3 Å². The second kappa shape index (κ2) is 9.24. The molecule has 3 nitrogen and oxygen atoms in total. The summed E-state index contributed by atoms with van der Waals surface area (Å²) >= 11 is 0. The minimum Gasteiger partial charge on any atom is -0.396 e. The number of piperidine rings is 1. The first-order chi connectivity index (χ1) is 10.3. The predicted octanol–water partition coefficient (Wildman–Crippen LogP) is 3.81. The Morgan fingerprint density at radius 3 is 2.09 bits per heavy atom. The van der Waals surface area contributed by atoms with Crippen LogP contribution in [-0.4, -0.2) is 47.3 Å². The van der Waals surface area contributed by atoms with Crippen LogP contribution in [0.4, 0.5) is 0 Å². The van der Waals surface area contributed by atoms with Crippen LogP contribution in [0.3, 0.4) is 0 Å². The number of rotatable bonds is 10. The van der Waals surface area contributed by atoms with Gasteiger partial charge in [-0.3, -0.25) is 0 Å². The fourth-order valence-corrected chi connectivity index (χ4v) is 4.27. The van der Waals surface area contributed by atoms with Gasteiger partial charge in [-0.2, -0.15) is 0 Å². The molecule has 132 valence electrons. The first-order valence-electron chi connectivity index (χ1n) is 9.40. The van der Waals surface area contributed by atoms with Gasteiger partial charge in [0.25, 0.3) is 0 Å². The molecular weight excluding hydrogens is 272 g/mol. The molecule has 1 aliphatic rings. The maximum absolute atomic E-state index is 8.98. The summed E-state index contributed by atoms with van der Waals surface area (Å²) in [6, 6.07) is 0. The van der Waals surface area contributed by atoms with Crippen molar-refractivity contribution < 1.29 is 5.11 Å². The molecule has 1 rings (SSSR count). The Morgan fingerprint density at radius 2 is 1.55 bits per heavy atom. The summed E-state index contributed by atoms with van der Waals surface area (Å²) in [6.07, 6.45) is 8.52. The van der Waals surface area contributed by atoms with Crippen molar-refractivity contribution in [3.8, 4) is 0 Å². The van der Waals surface area contributed by atoms with Crippen molar-refractivity contribution in [1.29, 1.82) is 0 Å². The fourth-order valence-electron chi connectivity index (χ4n) is 4.27. The molecule has 1 fully saturated rings. The van der Waals surface area contributed by atoms with E-state index in [-0.39, 0.29) is 11.1 Å². The monoisotopic (exact) mass is 312 g/mol. The Kier molecular flexibility index (Phi) is 8.37. The summed E-state index contributed by atoms with van der Waals surface area (Å²) in [4.78, 5) is 2.63. The van der Waals surface area contributed by atoms with Crippen molar-refractivity contribution in [1.82, 2.24) is 10.2 Å². The van der Waals surface area contributed by atoms with Gasteiger partial charge in [0.05, 0.1) is 0 Å². The van der Waals surface area contributed by atoms with Gasteiger partial charge in [0, 0.05) is 17.7 Å². The molecule has 0 amide bonds. The quantitative estimate of drug-likeness (QED) is 0.602. The summed E-state index contributed by atoms with van der Waals surface area (Å²) in [5, 5.41) is 12.8. The van der Waals surface area contributed by atoms with Crippen LogP contribution in [0, 0.1) is 5.92 Å². The summed E-state index contributed by atoms with van der Waals surface area (Å²) in [6.45, 7) is 15.6. The SMILES string of the molecule is CCCCN(CCCCO)CCC1CC(C)(C)NC(C)(C)C1. The minimum atomic E-state index is 0.261. The van der Waals surface area contributed by atoms with Crippen molar-refractivity contribution >= 4 is 0 Å². The van der Waals surface area contributed by atoms with Crippen LogP contribution < -0.4 is 5.32 Å². The van der Waals surface area contributed by atoms with Gasteiger partial charge in [-0.25, -0.2) is 0 Å². The number of nitrogens with zero attached hydrogens (tertiary/aromatic N) is 1. The predicted molar refractivity (Wildman–Crippen MR) is 96.3 cm³/mol. The maximum atomic E-state index is 8.98. The molecule has 1 heterocycles. The van der Waals surface area contributed by atoms with Gasteiger partial charge in [0.1, 0.15) is 0 Å². The van der Waals surface area contributed by atoms with Crippen molar-refractivity contribution in [2.24, 2.45) is 5.92 Å². The fraction of sp³-hybridized carbons (Fsp3) is 1.00. The molecule has 22 heavy (non-hydrogen) atoms. The number of unbranched alkanes of at least 4 members (excludes halogenated alkanes) is 2. The summed E-state index contributed by atoms with van der Waals surface area (Å²) in [5.74, 6) is 0.827. The van der Waals surface area contributed by atoms with E-state index >= 15 is 0 Å². The first kappa shape index (κ1) is 19.9. The number of hydrogen-bond acceptors (Lipinski definition) is 3. The molecule has 1 aliphatic heterocycles. The van der Waals surface area contributed by atoms with Gasteiger partial charge in [0.15, 0.2) is 0 Å². The van der Waals surface area contributed by atoms with Crippen LogP contribution in [-0.2, 0) is 0 Å². The smallest absolute Gasteiger partial charge is 0.0431 e. The average molecular weight is 313 g/mol. The van der Waals surface area contributed by atoms with E-state index in [0.29, 0.717) is 6.61 Å². The molecule has 2 N–H and O–H groups in total. The third-order valence-electron chi connectivity index (χ3n) is 4.84. The zero-order chi connectivity index (χ0) is 16.6. The zero-order valence-corrected chi connectivity index (χ0v) is 15.7. The van der Waals surface area contributed by atoms with E-state index in [9.17, 15) is 0 Å².